The lowest BCUT2D eigenvalue weighted by molar-refractivity contribution is 0.0740. The lowest BCUT2D eigenvalue weighted by atomic mass is 9.93. The van der Waals surface area contributed by atoms with Crippen LogP contribution < -0.4 is 15.2 Å². The number of nitrogens with zero attached hydrogens (tertiary/aromatic N) is 1. The van der Waals surface area contributed by atoms with Gasteiger partial charge in [0.05, 0.1) is 13.7 Å². The number of rotatable bonds is 7. The van der Waals surface area contributed by atoms with Gasteiger partial charge in [-0.15, -0.1) is 0 Å². The molecule has 118 valence electrons. The Hall–Kier alpha value is -1.75. The molecule has 21 heavy (non-hydrogen) atoms. The van der Waals surface area contributed by atoms with Crippen molar-refractivity contribution >= 4 is 5.91 Å². The fourth-order valence-electron chi connectivity index (χ4n) is 2.07. The number of hydrogen-bond donors (Lipinski definition) is 1. The van der Waals surface area contributed by atoms with Crippen molar-refractivity contribution in [1.82, 2.24) is 4.90 Å². The molecule has 1 aromatic carbocycles. The summed E-state index contributed by atoms with van der Waals surface area (Å²) >= 11 is 0. The Labute approximate surface area is 127 Å². The average Bonchev–Trinajstić information content (AvgIpc) is 2.46. The van der Waals surface area contributed by atoms with Gasteiger partial charge in [-0.05, 0) is 37.1 Å². The summed E-state index contributed by atoms with van der Waals surface area (Å²) in [6.45, 7) is 7.65. The van der Waals surface area contributed by atoms with Crippen molar-refractivity contribution in [3.8, 4) is 11.5 Å². The van der Waals surface area contributed by atoms with Crippen molar-refractivity contribution in [1.29, 1.82) is 0 Å². The minimum Gasteiger partial charge on any atom is -0.493 e. The van der Waals surface area contributed by atoms with Gasteiger partial charge in [0, 0.05) is 19.2 Å². The number of nitrogens with two attached hydrogens (primary N) is 1. The van der Waals surface area contributed by atoms with Crippen LogP contribution in [0.5, 0.6) is 11.5 Å². The number of methoxy groups -OCH3 is 1. The monoisotopic (exact) mass is 294 g/mol. The first kappa shape index (κ1) is 17.3. The van der Waals surface area contributed by atoms with Gasteiger partial charge in [0.15, 0.2) is 11.5 Å². The number of carbonyl (C=O) groups excluding carboxylic acids is 1. The molecule has 0 heterocycles. The van der Waals surface area contributed by atoms with E-state index in [-0.39, 0.29) is 11.3 Å². The van der Waals surface area contributed by atoms with Crippen LogP contribution in [-0.2, 0) is 0 Å². The van der Waals surface area contributed by atoms with Crippen LogP contribution in [-0.4, -0.2) is 44.7 Å². The number of amides is 1. The van der Waals surface area contributed by atoms with Crippen LogP contribution in [0.15, 0.2) is 18.2 Å². The van der Waals surface area contributed by atoms with Crippen molar-refractivity contribution < 1.29 is 14.3 Å². The molecule has 2 N–H and O–H groups in total. The zero-order valence-corrected chi connectivity index (χ0v) is 13.6. The molecule has 0 radical (unpaired) electrons. The molecule has 0 aromatic heterocycles. The second kappa shape index (κ2) is 7.31. The zero-order chi connectivity index (χ0) is 16.0. The van der Waals surface area contributed by atoms with Crippen LogP contribution in [0.25, 0.3) is 0 Å². The molecule has 0 fully saturated rings. The van der Waals surface area contributed by atoms with Crippen LogP contribution in [0.4, 0.5) is 0 Å². The van der Waals surface area contributed by atoms with Gasteiger partial charge in [-0.3, -0.25) is 4.79 Å². The van der Waals surface area contributed by atoms with E-state index in [0.717, 1.165) is 0 Å². The summed E-state index contributed by atoms with van der Waals surface area (Å²) in [5.74, 6) is 1.15. The maximum absolute atomic E-state index is 12.5. The predicted molar refractivity (Wildman–Crippen MR) is 84.0 cm³/mol. The topological polar surface area (TPSA) is 64.8 Å². The third-order valence-corrected chi connectivity index (χ3v) is 3.27. The highest BCUT2D eigenvalue weighted by molar-refractivity contribution is 5.94. The maximum atomic E-state index is 12.5. The molecule has 1 amide bonds. The Morgan fingerprint density at radius 2 is 2.00 bits per heavy atom. The Morgan fingerprint density at radius 3 is 2.52 bits per heavy atom. The smallest absolute Gasteiger partial charge is 0.253 e. The quantitative estimate of drug-likeness (QED) is 0.837. The largest absolute Gasteiger partial charge is 0.493 e. The summed E-state index contributed by atoms with van der Waals surface area (Å²) in [4.78, 5) is 14.1. The highest BCUT2D eigenvalue weighted by atomic mass is 16.5. The summed E-state index contributed by atoms with van der Waals surface area (Å²) in [5, 5.41) is 0. The summed E-state index contributed by atoms with van der Waals surface area (Å²) in [5.41, 5.74) is 6.18. The number of carbonyl (C=O) groups is 1. The molecule has 1 aromatic rings. The number of benzene rings is 1. The van der Waals surface area contributed by atoms with Gasteiger partial charge in [0.2, 0.25) is 0 Å². The third-order valence-electron chi connectivity index (χ3n) is 3.27. The molecule has 5 heteroatoms. The summed E-state index contributed by atoms with van der Waals surface area (Å²) < 4.78 is 10.7. The third kappa shape index (κ3) is 4.63. The van der Waals surface area contributed by atoms with Crippen molar-refractivity contribution in [2.75, 3.05) is 33.9 Å². The van der Waals surface area contributed by atoms with Gasteiger partial charge in [-0.2, -0.15) is 0 Å². The van der Waals surface area contributed by atoms with Gasteiger partial charge in [-0.25, -0.2) is 0 Å². The van der Waals surface area contributed by atoms with Gasteiger partial charge >= 0.3 is 0 Å². The Bertz CT molecular complexity index is 486. The van der Waals surface area contributed by atoms with Crippen LogP contribution in [0.3, 0.4) is 0 Å². The normalized spacial score (nSPS) is 11.1. The van der Waals surface area contributed by atoms with E-state index < -0.39 is 0 Å². The first-order valence-electron chi connectivity index (χ1n) is 7.11. The van der Waals surface area contributed by atoms with Gasteiger partial charge in [-0.1, -0.05) is 13.8 Å². The molecule has 0 aliphatic rings. The van der Waals surface area contributed by atoms with Crippen molar-refractivity contribution in [2.45, 2.75) is 20.8 Å². The van der Waals surface area contributed by atoms with Crippen molar-refractivity contribution in [3.63, 3.8) is 0 Å². The molecule has 0 aliphatic heterocycles. The Morgan fingerprint density at radius 1 is 1.33 bits per heavy atom. The fourth-order valence-corrected chi connectivity index (χ4v) is 2.07. The average molecular weight is 294 g/mol. The SMILES string of the molecule is CCOc1ccc(C(=O)N(C)CC(C)(C)CN)cc1OC. The minimum atomic E-state index is -0.111. The lowest BCUT2D eigenvalue weighted by Gasteiger charge is -2.29. The van der Waals surface area contributed by atoms with Crippen LogP contribution in [0, 0.1) is 5.41 Å². The van der Waals surface area contributed by atoms with E-state index in [4.69, 9.17) is 15.2 Å². The standard InChI is InChI=1S/C16H26N2O3/c1-6-21-13-8-7-12(9-14(13)20-5)15(19)18(4)11-16(2,3)10-17/h7-9H,6,10-11,17H2,1-5H3. The number of ether oxygens (including phenoxy) is 2. The molecule has 1 rings (SSSR count). The van der Waals surface area contributed by atoms with Crippen molar-refractivity contribution in [3.05, 3.63) is 23.8 Å². The van der Waals surface area contributed by atoms with E-state index in [1.54, 1.807) is 37.3 Å². The van der Waals surface area contributed by atoms with Crippen LogP contribution in [0.2, 0.25) is 0 Å². The molecule has 0 atom stereocenters. The fraction of sp³-hybridized carbons (Fsp3) is 0.562. The zero-order valence-electron chi connectivity index (χ0n) is 13.6. The van der Waals surface area contributed by atoms with E-state index in [1.165, 1.54) is 0 Å². The van der Waals surface area contributed by atoms with E-state index in [2.05, 4.69) is 0 Å². The first-order valence-corrected chi connectivity index (χ1v) is 7.11. The predicted octanol–water partition coefficient (Wildman–Crippen LogP) is 2.15. The summed E-state index contributed by atoms with van der Waals surface area (Å²) in [6.07, 6.45) is 0. The second-order valence-electron chi connectivity index (χ2n) is 5.83. The Kier molecular flexibility index (Phi) is 6.03. The van der Waals surface area contributed by atoms with Gasteiger partial charge in [0.25, 0.3) is 5.91 Å². The van der Waals surface area contributed by atoms with Gasteiger partial charge in [0.1, 0.15) is 0 Å². The van der Waals surface area contributed by atoms with Gasteiger partial charge < -0.3 is 20.1 Å². The second-order valence-corrected chi connectivity index (χ2v) is 5.83. The lowest BCUT2D eigenvalue weighted by Crippen LogP contribution is -2.39. The van der Waals surface area contributed by atoms with Crippen LogP contribution in [0.1, 0.15) is 31.1 Å². The first-order chi connectivity index (χ1) is 9.84. The highest BCUT2D eigenvalue weighted by Crippen LogP contribution is 2.28. The summed E-state index contributed by atoms with van der Waals surface area (Å²) in [6, 6.07) is 5.22. The van der Waals surface area contributed by atoms with E-state index in [9.17, 15) is 4.79 Å². The molecule has 0 unspecified atom stereocenters. The molecule has 0 saturated carbocycles. The molecule has 0 spiro atoms. The minimum absolute atomic E-state index is 0.0575. The highest BCUT2D eigenvalue weighted by Gasteiger charge is 2.22. The number of hydrogen-bond acceptors (Lipinski definition) is 4. The Balaban J connectivity index is 2.92. The van der Waals surface area contributed by atoms with Crippen LogP contribution >= 0.6 is 0 Å². The molecule has 0 aliphatic carbocycles. The van der Waals surface area contributed by atoms with Crippen molar-refractivity contribution in [2.24, 2.45) is 11.1 Å². The maximum Gasteiger partial charge on any atom is 0.253 e. The van der Waals surface area contributed by atoms with E-state index in [1.807, 2.05) is 20.8 Å². The van der Waals surface area contributed by atoms with E-state index >= 15 is 0 Å². The molecule has 5 nitrogen and oxygen atoms in total. The summed E-state index contributed by atoms with van der Waals surface area (Å²) in [7, 11) is 3.34. The molecule has 0 saturated heterocycles. The van der Waals surface area contributed by atoms with E-state index in [0.29, 0.717) is 36.8 Å². The molecular formula is C16H26N2O3. The molecule has 0 bridgehead atoms. The molecular weight excluding hydrogens is 268 g/mol.